The molecule has 162 valence electrons. The van der Waals surface area contributed by atoms with Gasteiger partial charge in [0.15, 0.2) is 11.0 Å². The number of carbonyl (C=O) groups is 1. The molecule has 0 fully saturated rings. The second kappa shape index (κ2) is 9.97. The maximum Gasteiger partial charge on any atom is 0.233 e. The zero-order valence-corrected chi connectivity index (χ0v) is 18.8. The molecule has 0 saturated carbocycles. The summed E-state index contributed by atoms with van der Waals surface area (Å²) in [6.45, 7) is 2.20. The van der Waals surface area contributed by atoms with Gasteiger partial charge >= 0.3 is 0 Å². The van der Waals surface area contributed by atoms with Crippen LogP contribution >= 0.6 is 23.4 Å². The van der Waals surface area contributed by atoms with Crippen LogP contribution in [0.15, 0.2) is 84.0 Å². The first-order valence-corrected chi connectivity index (χ1v) is 11.2. The fraction of sp³-hybridized carbons (Fsp3) is 0.125. The zero-order chi connectivity index (χ0) is 22.5. The second-order valence-electron chi connectivity index (χ2n) is 7.04. The van der Waals surface area contributed by atoms with Crippen molar-refractivity contribution < 1.29 is 9.18 Å². The highest BCUT2D eigenvalue weighted by atomic mass is 35.5. The molecule has 5 nitrogen and oxygen atoms in total. The van der Waals surface area contributed by atoms with E-state index in [2.05, 4.69) is 15.5 Å². The summed E-state index contributed by atoms with van der Waals surface area (Å²) in [6.07, 6.45) is 0. The van der Waals surface area contributed by atoms with Crippen molar-refractivity contribution in [1.82, 2.24) is 20.1 Å². The van der Waals surface area contributed by atoms with Gasteiger partial charge in [0.1, 0.15) is 5.82 Å². The summed E-state index contributed by atoms with van der Waals surface area (Å²) in [5.74, 6) is -0.176. The molecule has 0 aliphatic carbocycles. The fourth-order valence-electron chi connectivity index (χ4n) is 3.15. The first-order chi connectivity index (χ1) is 15.5. The predicted octanol–water partition coefficient (Wildman–Crippen LogP) is 5.52. The summed E-state index contributed by atoms with van der Waals surface area (Å²) in [4.78, 5) is 12.7. The molecule has 1 aromatic heterocycles. The van der Waals surface area contributed by atoms with E-state index in [9.17, 15) is 9.18 Å². The minimum atomic E-state index is -0.479. The lowest BCUT2D eigenvalue weighted by Crippen LogP contribution is -2.30. The summed E-state index contributed by atoms with van der Waals surface area (Å²) in [5.41, 5.74) is 1.92. The molecule has 8 heteroatoms. The van der Waals surface area contributed by atoms with Gasteiger partial charge in [-0.25, -0.2) is 4.39 Å². The molecule has 1 unspecified atom stereocenters. The molecule has 4 rings (SSSR count). The molecule has 4 aromatic rings. The third kappa shape index (κ3) is 4.84. The Bertz CT molecular complexity index is 1230. The Morgan fingerprint density at radius 2 is 1.72 bits per heavy atom. The van der Waals surface area contributed by atoms with Crippen LogP contribution < -0.4 is 5.32 Å². The van der Waals surface area contributed by atoms with Crippen LogP contribution in [-0.4, -0.2) is 25.9 Å². The third-order valence-corrected chi connectivity index (χ3v) is 6.17. The van der Waals surface area contributed by atoms with E-state index in [1.54, 1.807) is 41.8 Å². The maximum atomic E-state index is 14.7. The predicted molar refractivity (Wildman–Crippen MR) is 125 cm³/mol. The summed E-state index contributed by atoms with van der Waals surface area (Å²) in [7, 11) is 0. The van der Waals surface area contributed by atoms with Gasteiger partial charge in [-0.15, -0.1) is 10.2 Å². The number of hydrogen-bond donors (Lipinski definition) is 1. The lowest BCUT2D eigenvalue weighted by Gasteiger charge is -2.15. The number of nitrogens with one attached hydrogen (secondary N) is 1. The lowest BCUT2D eigenvalue weighted by atomic mass is 10.2. The summed E-state index contributed by atoms with van der Waals surface area (Å²) >= 11 is 7.58. The van der Waals surface area contributed by atoms with Gasteiger partial charge in [-0.05, 0) is 36.8 Å². The minimum absolute atomic E-state index is 0.152. The van der Waals surface area contributed by atoms with Crippen molar-refractivity contribution in [2.75, 3.05) is 0 Å². The Labute approximate surface area is 194 Å². The largest absolute Gasteiger partial charge is 0.351 e. The number of amides is 1. The number of aromatic nitrogens is 3. The zero-order valence-electron chi connectivity index (χ0n) is 17.2. The fourth-order valence-corrected chi connectivity index (χ4v) is 4.26. The molecule has 0 bridgehead atoms. The molecule has 0 saturated heterocycles. The first kappa shape index (κ1) is 22.0. The molecular weight excluding hydrogens is 447 g/mol. The van der Waals surface area contributed by atoms with Gasteiger partial charge in [0.2, 0.25) is 5.91 Å². The third-order valence-electron chi connectivity index (χ3n) is 4.80. The Morgan fingerprint density at radius 1 is 1.03 bits per heavy atom. The molecule has 1 amide bonds. The average Bonchev–Trinajstić information content (AvgIpc) is 3.21. The minimum Gasteiger partial charge on any atom is -0.351 e. The van der Waals surface area contributed by atoms with Crippen LogP contribution in [0.2, 0.25) is 5.02 Å². The maximum absolute atomic E-state index is 14.7. The number of carbonyl (C=O) groups excluding carboxylic acids is 1. The van der Waals surface area contributed by atoms with E-state index in [1.807, 2.05) is 42.5 Å². The van der Waals surface area contributed by atoms with Gasteiger partial charge in [0, 0.05) is 12.1 Å². The van der Waals surface area contributed by atoms with E-state index in [1.165, 1.54) is 17.8 Å². The van der Waals surface area contributed by atoms with Crippen LogP contribution in [0, 0.1) is 5.82 Å². The first-order valence-electron chi connectivity index (χ1n) is 9.98. The van der Waals surface area contributed by atoms with Crippen molar-refractivity contribution in [1.29, 1.82) is 0 Å². The van der Waals surface area contributed by atoms with Crippen LogP contribution in [0.25, 0.3) is 17.1 Å². The van der Waals surface area contributed by atoms with Gasteiger partial charge in [0.05, 0.1) is 16.0 Å². The van der Waals surface area contributed by atoms with Crippen LogP contribution in [-0.2, 0) is 11.3 Å². The molecule has 1 heterocycles. The highest BCUT2D eigenvalue weighted by Crippen LogP contribution is 2.33. The van der Waals surface area contributed by atoms with E-state index < -0.39 is 11.1 Å². The number of hydrogen-bond acceptors (Lipinski definition) is 4. The van der Waals surface area contributed by atoms with E-state index >= 15 is 0 Å². The van der Waals surface area contributed by atoms with Crippen LogP contribution in [0.1, 0.15) is 12.5 Å². The van der Waals surface area contributed by atoms with Gasteiger partial charge in [-0.3, -0.25) is 9.36 Å². The normalized spacial score (nSPS) is 11.8. The molecule has 1 atom stereocenters. The number of para-hydroxylation sites is 1. The molecule has 3 aromatic carbocycles. The summed E-state index contributed by atoms with van der Waals surface area (Å²) in [6, 6.07) is 23.2. The van der Waals surface area contributed by atoms with E-state index in [-0.39, 0.29) is 11.6 Å². The standard InChI is InChI=1S/C24H20ClFN4OS/c1-16(23(31)27-15-17-9-3-2-4-10-17)32-24-29-28-22(18-11-5-6-12-19(18)25)30(24)21-14-8-7-13-20(21)26/h2-14,16H,15H2,1H3,(H,27,31). The van der Waals surface area contributed by atoms with Crippen LogP contribution in [0.3, 0.4) is 0 Å². The van der Waals surface area contributed by atoms with Crippen molar-refractivity contribution in [3.05, 3.63) is 95.3 Å². The van der Waals surface area contributed by atoms with Crippen LogP contribution in [0.4, 0.5) is 4.39 Å². The molecule has 0 aliphatic heterocycles. The van der Waals surface area contributed by atoms with Crippen LogP contribution in [0.5, 0.6) is 0 Å². The highest BCUT2D eigenvalue weighted by Gasteiger charge is 2.24. The topological polar surface area (TPSA) is 59.8 Å². The summed E-state index contributed by atoms with van der Waals surface area (Å²) < 4.78 is 16.3. The number of nitrogens with zero attached hydrogens (tertiary/aromatic N) is 3. The van der Waals surface area contributed by atoms with Crippen molar-refractivity contribution in [3.63, 3.8) is 0 Å². The Balaban J connectivity index is 1.63. The molecule has 0 radical (unpaired) electrons. The number of rotatable bonds is 7. The molecule has 32 heavy (non-hydrogen) atoms. The van der Waals surface area contributed by atoms with Gasteiger partial charge in [-0.2, -0.15) is 0 Å². The molecule has 0 aliphatic rings. The Hall–Kier alpha value is -3.16. The van der Waals surface area contributed by atoms with Gasteiger partial charge < -0.3 is 5.32 Å². The average molecular weight is 467 g/mol. The monoisotopic (exact) mass is 466 g/mol. The Kier molecular flexibility index (Phi) is 6.87. The second-order valence-corrected chi connectivity index (χ2v) is 8.75. The van der Waals surface area contributed by atoms with E-state index in [0.29, 0.717) is 28.1 Å². The van der Waals surface area contributed by atoms with E-state index in [0.717, 1.165) is 5.56 Å². The molecule has 1 N–H and O–H groups in total. The van der Waals surface area contributed by atoms with Gasteiger partial charge in [-0.1, -0.05) is 78.0 Å². The number of thioether (sulfide) groups is 1. The molecule has 0 spiro atoms. The van der Waals surface area contributed by atoms with Crippen molar-refractivity contribution in [2.24, 2.45) is 0 Å². The lowest BCUT2D eigenvalue weighted by molar-refractivity contribution is -0.120. The van der Waals surface area contributed by atoms with E-state index in [4.69, 9.17) is 11.6 Å². The Morgan fingerprint density at radius 3 is 2.47 bits per heavy atom. The van der Waals surface area contributed by atoms with Crippen molar-refractivity contribution in [2.45, 2.75) is 23.9 Å². The summed E-state index contributed by atoms with van der Waals surface area (Å²) in [5, 5.41) is 11.9. The van der Waals surface area contributed by atoms with Crippen molar-refractivity contribution in [3.8, 4) is 17.1 Å². The van der Waals surface area contributed by atoms with Gasteiger partial charge in [0.25, 0.3) is 0 Å². The SMILES string of the molecule is CC(Sc1nnc(-c2ccccc2Cl)n1-c1ccccc1F)C(=O)NCc1ccccc1. The number of halogens is 2. The number of benzene rings is 3. The smallest absolute Gasteiger partial charge is 0.233 e. The van der Waals surface area contributed by atoms with Crippen molar-refractivity contribution >= 4 is 29.3 Å². The molecular formula is C24H20ClFN4OS. The quantitative estimate of drug-likeness (QED) is 0.364. The highest BCUT2D eigenvalue weighted by molar-refractivity contribution is 8.00.